The molecule has 31 rings (SSSR count). The summed E-state index contributed by atoms with van der Waals surface area (Å²) in [6, 6.07) is 125. The van der Waals surface area contributed by atoms with Crippen molar-refractivity contribution in [2.45, 2.75) is 5.92 Å². The zero-order valence-electron chi connectivity index (χ0n) is 69.8. The highest BCUT2D eigenvalue weighted by atomic mass is 15.0. The molecule has 1 aliphatic rings. The van der Waals surface area contributed by atoms with Crippen LogP contribution in [0.2, 0.25) is 0 Å². The summed E-state index contributed by atoms with van der Waals surface area (Å²) in [5.74, 6) is 0.151. The molecule has 0 spiro atoms. The van der Waals surface area contributed by atoms with Gasteiger partial charge in [0.1, 0.15) is 0 Å². The molecule has 1 aliphatic carbocycles. The summed E-state index contributed by atoms with van der Waals surface area (Å²) >= 11 is 0. The summed E-state index contributed by atoms with van der Waals surface area (Å²) in [6.07, 6.45) is 23.0. The SMILES string of the molecule is c1cc(-c2ccc(-c3ccc4c5cccc6c7ccccc7n(c4c3)c65)c3ccccc23)cc(C2c3ccncc3-c3cnccc32)c1.c1ccc2c(c1)c1cccc3c4cc(-n5c6ccncc6c6cnccc65)ccc4n2c13.c1ccc2c(c1)c1ccccc1c1cc(-c3ccc4c5cc(-n6c7ccncc7c7cnccc76)cc6c7ccccc7n(c4c3)c65)ccc21. The van der Waals surface area contributed by atoms with E-state index in [4.69, 9.17) is 0 Å². The van der Waals surface area contributed by atoms with Gasteiger partial charge in [0.25, 0.3) is 0 Å². The standard InChI is InChI=1S/C46H26N4.C45H27N3.C28H16N4/c1-2-9-32-30(7-1)31-8-3-4-10-33(31)37-21-27(13-15-34(32)37)28-14-16-36-39-24-29(49-43-17-19-47-25-40(43)41-26-48-20-18-44(41)49)23-38-35-11-5-6-12-42(35)50(46(38)39)45(36)22-28;1-2-10-33-31(28-15-16-35-39-13-6-12-38-34-11-3-4-14-42(34)48(45(38)39)43(35)24-28)18-17-30(32(33)9-1)27-7-5-8-29(23-27)44-36-19-21-46-25-40(36)41-26-47-22-20-37(41)44;1-2-7-24-18(4-1)19-5-3-6-20-21-14-17(8-9-25(21)32(24)28(19)20)31-26-10-12-29-15-22(26)23-16-30-13-11-27(23)31/h1-26H;1-26,44H;1-16H. The van der Waals surface area contributed by atoms with E-state index in [0.29, 0.717) is 0 Å². The van der Waals surface area contributed by atoms with Crippen LogP contribution in [0.25, 0.3) is 257 Å². The number of hydrogen-bond donors (Lipinski definition) is 0. The Bertz CT molecular complexity index is 9890. The van der Waals surface area contributed by atoms with Crippen molar-refractivity contribution in [3.05, 3.63) is 431 Å². The molecule has 14 aromatic heterocycles. The number of benzene rings is 16. The third-order valence-corrected chi connectivity index (χ3v) is 28.4. The van der Waals surface area contributed by atoms with Crippen molar-refractivity contribution in [3.8, 4) is 55.9 Å². The second-order valence-corrected chi connectivity index (χ2v) is 34.8. The molecule has 30 aromatic rings. The fourth-order valence-electron chi connectivity index (χ4n) is 23.0. The van der Waals surface area contributed by atoms with Gasteiger partial charge in [-0.2, -0.15) is 0 Å². The van der Waals surface area contributed by atoms with Crippen LogP contribution in [0.4, 0.5) is 0 Å². The first-order chi connectivity index (χ1) is 64.5. The maximum atomic E-state index is 4.46. The predicted octanol–water partition coefficient (Wildman–Crippen LogP) is 29.8. The largest absolute Gasteiger partial charge is 0.309 e. The van der Waals surface area contributed by atoms with Crippen molar-refractivity contribution in [2.75, 3.05) is 0 Å². The van der Waals surface area contributed by atoms with Crippen molar-refractivity contribution in [1.29, 1.82) is 0 Å². The van der Waals surface area contributed by atoms with E-state index in [1.165, 1.54) is 219 Å². The van der Waals surface area contributed by atoms with Crippen molar-refractivity contribution >= 4 is 201 Å². The van der Waals surface area contributed by atoms with Crippen LogP contribution in [0.3, 0.4) is 0 Å². The minimum Gasteiger partial charge on any atom is -0.309 e. The van der Waals surface area contributed by atoms with Crippen LogP contribution in [0.15, 0.2) is 414 Å². The molecule has 14 heterocycles. The van der Waals surface area contributed by atoms with E-state index in [1.54, 1.807) is 0 Å². The van der Waals surface area contributed by atoms with Gasteiger partial charge >= 0.3 is 0 Å². The Morgan fingerprint density at radius 1 is 0.169 bits per heavy atom. The average Bonchev–Trinajstić information content (AvgIpc) is 1.54. The summed E-state index contributed by atoms with van der Waals surface area (Å²) in [5, 5.41) is 30.2. The van der Waals surface area contributed by atoms with Crippen LogP contribution in [0.1, 0.15) is 22.6 Å². The van der Waals surface area contributed by atoms with Gasteiger partial charge in [-0.3, -0.25) is 29.9 Å². The Morgan fingerprint density at radius 2 is 0.508 bits per heavy atom. The molecule has 0 fully saturated rings. The molecule has 0 aliphatic heterocycles. The van der Waals surface area contributed by atoms with Crippen molar-refractivity contribution in [1.82, 2.24) is 52.2 Å². The van der Waals surface area contributed by atoms with Gasteiger partial charge in [0.05, 0.1) is 71.7 Å². The number of para-hydroxylation sites is 5. The summed E-state index contributed by atoms with van der Waals surface area (Å²) in [6.45, 7) is 0. The molecule has 0 saturated heterocycles. The van der Waals surface area contributed by atoms with E-state index >= 15 is 0 Å². The second-order valence-electron chi connectivity index (χ2n) is 34.8. The van der Waals surface area contributed by atoms with Crippen LogP contribution in [-0.2, 0) is 0 Å². The number of fused-ring (bicyclic) bond motifs is 34. The zero-order chi connectivity index (χ0) is 84.7. The van der Waals surface area contributed by atoms with E-state index in [9.17, 15) is 0 Å². The number of rotatable bonds is 6. The van der Waals surface area contributed by atoms with Gasteiger partial charge in [-0.05, 0) is 196 Å². The van der Waals surface area contributed by atoms with E-state index in [2.05, 4.69) is 392 Å². The van der Waals surface area contributed by atoms with E-state index < -0.39 is 0 Å². The maximum Gasteiger partial charge on any atom is 0.0622 e. The highest BCUT2D eigenvalue weighted by Gasteiger charge is 2.32. The number of pyridine rings is 6. The predicted molar refractivity (Wildman–Crippen MR) is 538 cm³/mol. The molecule has 0 saturated carbocycles. The van der Waals surface area contributed by atoms with Crippen molar-refractivity contribution in [3.63, 3.8) is 0 Å². The first-order valence-electron chi connectivity index (χ1n) is 44.3. The molecule has 0 bridgehead atoms. The van der Waals surface area contributed by atoms with E-state index in [0.717, 1.165) is 55.0 Å². The minimum absolute atomic E-state index is 0.151. The molecular weight excluding hydrogens is 1580 g/mol. The quantitative estimate of drug-likeness (QED) is 0.154. The van der Waals surface area contributed by atoms with Gasteiger partial charge in [-0.1, -0.05) is 237 Å². The Labute approximate surface area is 740 Å². The molecule has 0 radical (unpaired) electrons. The molecule has 600 valence electrons. The van der Waals surface area contributed by atoms with E-state index in [-0.39, 0.29) is 5.92 Å². The van der Waals surface area contributed by atoms with Crippen LogP contribution < -0.4 is 0 Å². The number of nitrogens with zero attached hydrogens (tertiary/aromatic N) is 11. The highest BCUT2D eigenvalue weighted by Crippen LogP contribution is 2.51. The van der Waals surface area contributed by atoms with E-state index in [1.807, 2.05) is 74.4 Å². The molecule has 0 amide bonds. The monoisotopic (exact) mass is 1650 g/mol. The van der Waals surface area contributed by atoms with Crippen LogP contribution in [0.5, 0.6) is 0 Å². The van der Waals surface area contributed by atoms with Crippen LogP contribution in [-0.4, -0.2) is 52.2 Å². The number of hydrogen-bond acceptors (Lipinski definition) is 6. The summed E-state index contributed by atoms with van der Waals surface area (Å²) in [5.41, 5.74) is 31.7. The lowest BCUT2D eigenvalue weighted by Gasteiger charge is -2.17. The first-order valence-corrected chi connectivity index (χ1v) is 44.3. The summed E-state index contributed by atoms with van der Waals surface area (Å²) in [4.78, 5) is 26.5. The van der Waals surface area contributed by atoms with Crippen molar-refractivity contribution in [2.24, 2.45) is 0 Å². The third-order valence-electron chi connectivity index (χ3n) is 28.4. The van der Waals surface area contributed by atoms with Crippen LogP contribution >= 0.6 is 0 Å². The maximum absolute atomic E-state index is 4.46. The van der Waals surface area contributed by atoms with Gasteiger partial charge in [-0.25, -0.2) is 0 Å². The van der Waals surface area contributed by atoms with Gasteiger partial charge < -0.3 is 22.3 Å². The Hall–Kier alpha value is -17.5. The zero-order valence-corrected chi connectivity index (χ0v) is 69.8. The molecule has 130 heavy (non-hydrogen) atoms. The Kier molecular flexibility index (Phi) is 14.7. The Balaban J connectivity index is 0.0000000984. The average molecular weight is 1650 g/mol. The van der Waals surface area contributed by atoms with Gasteiger partial charge in [0, 0.05) is 189 Å². The lowest BCUT2D eigenvalue weighted by molar-refractivity contribution is 1.01. The summed E-state index contributed by atoms with van der Waals surface area (Å²) < 4.78 is 12.0. The minimum atomic E-state index is 0.151. The lowest BCUT2D eigenvalue weighted by atomic mass is 9.87. The number of aromatic nitrogens is 11. The third kappa shape index (κ3) is 9.91. The summed E-state index contributed by atoms with van der Waals surface area (Å²) in [7, 11) is 0. The molecular formula is C119H69N11. The molecule has 0 unspecified atom stereocenters. The smallest absolute Gasteiger partial charge is 0.0622 e. The molecule has 11 heteroatoms. The molecule has 16 aromatic carbocycles. The topological polar surface area (TPSA) is 100 Å². The van der Waals surface area contributed by atoms with Gasteiger partial charge in [0.15, 0.2) is 0 Å². The normalized spacial score (nSPS) is 12.6. The molecule has 11 nitrogen and oxygen atoms in total. The fraction of sp³-hybridized carbons (Fsp3) is 0.00840. The molecule has 0 atom stereocenters. The van der Waals surface area contributed by atoms with Gasteiger partial charge in [0.2, 0.25) is 0 Å². The first kappa shape index (κ1) is 70.8. The lowest BCUT2D eigenvalue weighted by Crippen LogP contribution is -1.99. The highest BCUT2D eigenvalue weighted by molar-refractivity contribution is 6.29. The van der Waals surface area contributed by atoms with Gasteiger partial charge in [-0.15, -0.1) is 0 Å². The van der Waals surface area contributed by atoms with Crippen LogP contribution in [0, 0.1) is 0 Å². The van der Waals surface area contributed by atoms with Crippen molar-refractivity contribution < 1.29 is 0 Å². The Morgan fingerprint density at radius 3 is 1.02 bits per heavy atom. The second kappa shape index (κ2) is 27.0. The fourth-order valence-corrected chi connectivity index (χ4v) is 23.0. The molecule has 0 N–H and O–H groups in total.